The molecule has 38 heavy (non-hydrogen) atoms. The number of fused-ring (bicyclic) bond motifs is 4. The van der Waals surface area contributed by atoms with Gasteiger partial charge in [-0.15, -0.1) is 0 Å². The van der Waals surface area contributed by atoms with Crippen molar-refractivity contribution in [2.45, 2.75) is 31.3 Å². The van der Waals surface area contributed by atoms with Crippen molar-refractivity contribution in [2.75, 3.05) is 19.8 Å². The number of rotatable bonds is 9. The zero-order chi connectivity index (χ0) is 26.5. The summed E-state index contributed by atoms with van der Waals surface area (Å²) in [6, 6.07) is 20.1. The third-order valence-electron chi connectivity index (χ3n) is 6.72. The van der Waals surface area contributed by atoms with Crippen LogP contribution in [0.15, 0.2) is 66.7 Å². The molecule has 9 heteroatoms. The number of ether oxygens (including phenoxy) is 3. The Morgan fingerprint density at radius 2 is 1.61 bits per heavy atom. The SMILES string of the molecule is O=C(CC[C@H](NC(=O)OCC1c2ccccc2-c2ccccc21)C(=O)O)NCc1cccc2c1OCCO2. The molecule has 1 atom stereocenters. The highest BCUT2D eigenvalue weighted by Crippen LogP contribution is 2.44. The number of alkyl carbamates (subject to hydrolysis) is 1. The number of para-hydroxylation sites is 1. The minimum atomic E-state index is -1.27. The van der Waals surface area contributed by atoms with E-state index in [-0.39, 0.29) is 37.8 Å². The highest BCUT2D eigenvalue weighted by molar-refractivity contribution is 5.82. The van der Waals surface area contributed by atoms with Crippen molar-refractivity contribution in [2.24, 2.45) is 0 Å². The number of carbonyl (C=O) groups excluding carboxylic acids is 2. The lowest BCUT2D eigenvalue weighted by Gasteiger charge is -2.21. The second-order valence-electron chi connectivity index (χ2n) is 9.12. The molecular formula is C29H28N2O7. The predicted octanol–water partition coefficient (Wildman–Crippen LogP) is 3.85. The van der Waals surface area contributed by atoms with Gasteiger partial charge in [0, 0.05) is 24.4 Å². The molecule has 1 heterocycles. The van der Waals surface area contributed by atoms with Crippen LogP contribution >= 0.6 is 0 Å². The average Bonchev–Trinajstić information content (AvgIpc) is 3.26. The number of nitrogens with one attached hydrogen (secondary N) is 2. The molecule has 0 saturated heterocycles. The Bertz CT molecular complexity index is 1310. The molecule has 3 N–H and O–H groups in total. The third-order valence-corrected chi connectivity index (χ3v) is 6.72. The number of hydrogen-bond donors (Lipinski definition) is 3. The Labute approximate surface area is 219 Å². The molecule has 0 fully saturated rings. The number of carboxylic acids is 1. The number of amides is 2. The molecule has 0 saturated carbocycles. The first-order valence-corrected chi connectivity index (χ1v) is 12.5. The Morgan fingerprint density at radius 3 is 2.32 bits per heavy atom. The van der Waals surface area contributed by atoms with Gasteiger partial charge in [0.1, 0.15) is 25.9 Å². The molecule has 1 aliphatic heterocycles. The Morgan fingerprint density at radius 1 is 0.921 bits per heavy atom. The molecule has 3 aromatic carbocycles. The van der Waals surface area contributed by atoms with Crippen molar-refractivity contribution < 1.29 is 33.7 Å². The van der Waals surface area contributed by atoms with Crippen molar-refractivity contribution in [1.29, 1.82) is 0 Å². The van der Waals surface area contributed by atoms with Gasteiger partial charge in [0.05, 0.1) is 0 Å². The largest absolute Gasteiger partial charge is 0.486 e. The van der Waals surface area contributed by atoms with E-state index >= 15 is 0 Å². The van der Waals surface area contributed by atoms with E-state index < -0.39 is 18.1 Å². The fourth-order valence-corrected chi connectivity index (χ4v) is 4.87. The normalized spacial score (nSPS) is 14.1. The van der Waals surface area contributed by atoms with Gasteiger partial charge in [0.25, 0.3) is 0 Å². The van der Waals surface area contributed by atoms with E-state index in [9.17, 15) is 19.5 Å². The monoisotopic (exact) mass is 516 g/mol. The first-order valence-electron chi connectivity index (χ1n) is 12.5. The number of benzene rings is 3. The zero-order valence-corrected chi connectivity index (χ0v) is 20.6. The predicted molar refractivity (Wildman–Crippen MR) is 138 cm³/mol. The molecular weight excluding hydrogens is 488 g/mol. The number of carboxylic acid groups (broad SMARTS) is 1. The minimum Gasteiger partial charge on any atom is -0.486 e. The molecule has 0 bridgehead atoms. The van der Waals surface area contributed by atoms with Crippen molar-refractivity contribution in [3.8, 4) is 22.6 Å². The maximum absolute atomic E-state index is 12.5. The molecule has 196 valence electrons. The van der Waals surface area contributed by atoms with Gasteiger partial charge < -0.3 is 30.0 Å². The van der Waals surface area contributed by atoms with Crippen LogP contribution in [0.5, 0.6) is 11.5 Å². The summed E-state index contributed by atoms with van der Waals surface area (Å²) in [5.74, 6) is -0.505. The average molecular weight is 517 g/mol. The van der Waals surface area contributed by atoms with E-state index in [1.165, 1.54) is 0 Å². The maximum atomic E-state index is 12.5. The molecule has 0 radical (unpaired) electrons. The van der Waals surface area contributed by atoms with Crippen LogP contribution in [0.1, 0.15) is 35.4 Å². The van der Waals surface area contributed by atoms with Gasteiger partial charge in [0.15, 0.2) is 11.5 Å². The number of carbonyl (C=O) groups is 3. The van der Waals surface area contributed by atoms with E-state index in [2.05, 4.69) is 10.6 Å². The lowest BCUT2D eigenvalue weighted by molar-refractivity contribution is -0.139. The summed E-state index contributed by atoms with van der Waals surface area (Å²) >= 11 is 0. The topological polar surface area (TPSA) is 123 Å². The van der Waals surface area contributed by atoms with E-state index in [0.717, 1.165) is 27.8 Å². The maximum Gasteiger partial charge on any atom is 0.407 e. The lowest BCUT2D eigenvalue weighted by atomic mass is 9.98. The molecule has 3 aromatic rings. The van der Waals surface area contributed by atoms with Gasteiger partial charge in [-0.05, 0) is 34.7 Å². The molecule has 2 amide bonds. The molecule has 0 aromatic heterocycles. The standard InChI is InChI=1S/C29H28N2O7/c32-26(30-16-18-6-5-11-25-27(18)37-15-14-36-25)13-12-24(28(33)34)31-29(35)38-17-23-21-9-3-1-7-19(21)20-8-2-4-10-22(20)23/h1-11,23-24H,12-17H2,(H,30,32)(H,31,35)(H,33,34)/t24-/m0/s1. The molecule has 9 nitrogen and oxygen atoms in total. The minimum absolute atomic E-state index is 0.0693. The van der Waals surface area contributed by atoms with Crippen LogP contribution in [0.3, 0.4) is 0 Å². The van der Waals surface area contributed by atoms with Crippen molar-refractivity contribution in [1.82, 2.24) is 10.6 Å². The number of hydrogen-bond acceptors (Lipinski definition) is 6. The van der Waals surface area contributed by atoms with Crippen LogP contribution in [0.25, 0.3) is 11.1 Å². The smallest absolute Gasteiger partial charge is 0.407 e. The second kappa shape index (κ2) is 11.2. The van der Waals surface area contributed by atoms with Crippen LogP contribution in [0.2, 0.25) is 0 Å². The fourth-order valence-electron chi connectivity index (χ4n) is 4.87. The highest BCUT2D eigenvalue weighted by Gasteiger charge is 2.30. The van der Waals surface area contributed by atoms with E-state index in [1.807, 2.05) is 60.7 Å². The summed E-state index contributed by atoms with van der Waals surface area (Å²) in [6.07, 6.45) is -1.02. The molecule has 0 spiro atoms. The van der Waals surface area contributed by atoms with Crippen LogP contribution < -0.4 is 20.1 Å². The molecule has 1 aliphatic carbocycles. The van der Waals surface area contributed by atoms with Crippen LogP contribution in [-0.4, -0.2) is 48.9 Å². The summed E-state index contributed by atoms with van der Waals surface area (Å²) in [5, 5.41) is 14.7. The summed E-state index contributed by atoms with van der Waals surface area (Å²) < 4.78 is 16.6. The van der Waals surface area contributed by atoms with Crippen molar-refractivity contribution in [3.63, 3.8) is 0 Å². The van der Waals surface area contributed by atoms with Crippen LogP contribution in [0.4, 0.5) is 4.79 Å². The van der Waals surface area contributed by atoms with Crippen LogP contribution in [-0.2, 0) is 20.9 Å². The van der Waals surface area contributed by atoms with Crippen molar-refractivity contribution >= 4 is 18.0 Å². The van der Waals surface area contributed by atoms with Gasteiger partial charge in [-0.3, -0.25) is 4.79 Å². The number of aliphatic carboxylic acids is 1. The van der Waals surface area contributed by atoms with E-state index in [1.54, 1.807) is 6.07 Å². The van der Waals surface area contributed by atoms with E-state index in [0.29, 0.717) is 24.7 Å². The Kier molecular flexibility index (Phi) is 7.44. The van der Waals surface area contributed by atoms with Gasteiger partial charge in [-0.2, -0.15) is 0 Å². The molecule has 2 aliphatic rings. The summed E-state index contributed by atoms with van der Waals surface area (Å²) in [5.41, 5.74) is 5.08. The van der Waals surface area contributed by atoms with Gasteiger partial charge >= 0.3 is 12.1 Å². The first kappa shape index (κ1) is 25.1. The first-order chi connectivity index (χ1) is 18.5. The Hall–Kier alpha value is -4.53. The fraction of sp³-hybridized carbons (Fsp3) is 0.276. The third kappa shape index (κ3) is 5.41. The molecule has 0 unspecified atom stereocenters. The quantitative estimate of drug-likeness (QED) is 0.395. The lowest BCUT2D eigenvalue weighted by Crippen LogP contribution is -2.42. The van der Waals surface area contributed by atoms with Gasteiger partial charge in [0.2, 0.25) is 5.91 Å². The Balaban J connectivity index is 1.12. The van der Waals surface area contributed by atoms with E-state index in [4.69, 9.17) is 14.2 Å². The van der Waals surface area contributed by atoms with Crippen molar-refractivity contribution in [3.05, 3.63) is 83.4 Å². The summed E-state index contributed by atoms with van der Waals surface area (Å²) in [6.45, 7) is 1.18. The van der Waals surface area contributed by atoms with Gasteiger partial charge in [-0.1, -0.05) is 60.7 Å². The zero-order valence-electron chi connectivity index (χ0n) is 20.6. The second-order valence-corrected chi connectivity index (χ2v) is 9.12. The van der Waals surface area contributed by atoms with Gasteiger partial charge in [-0.25, -0.2) is 9.59 Å². The highest BCUT2D eigenvalue weighted by atomic mass is 16.6. The molecule has 5 rings (SSSR count). The summed E-state index contributed by atoms with van der Waals surface area (Å²) in [4.78, 5) is 36.7. The summed E-state index contributed by atoms with van der Waals surface area (Å²) in [7, 11) is 0. The van der Waals surface area contributed by atoms with Crippen LogP contribution in [0, 0.1) is 0 Å².